The normalized spacial score (nSPS) is 23.0. The fraction of sp³-hybridized carbons (Fsp3) is 0.500. The molecule has 5 aliphatic rings. The fourth-order valence-electron chi connectivity index (χ4n) is 8.61. The zero-order valence-corrected chi connectivity index (χ0v) is 30.0. The van der Waals surface area contributed by atoms with Gasteiger partial charge in [-0.15, -0.1) is 0 Å². The molecule has 0 spiro atoms. The van der Waals surface area contributed by atoms with E-state index in [1.54, 1.807) is 17.9 Å². The summed E-state index contributed by atoms with van der Waals surface area (Å²) in [6.45, 7) is 3.41. The summed E-state index contributed by atoms with van der Waals surface area (Å²) in [5.74, 6) is -1.03. The second kappa shape index (κ2) is 14.3. The Labute approximate surface area is 304 Å². The van der Waals surface area contributed by atoms with Gasteiger partial charge in [0.1, 0.15) is 41.4 Å². The Bertz CT molecular complexity index is 2050. The van der Waals surface area contributed by atoms with Gasteiger partial charge in [0.05, 0.1) is 29.6 Å². The average Bonchev–Trinajstić information content (AvgIpc) is 3.69. The monoisotopic (exact) mass is 756 g/mol. The molecule has 4 aromatic rings. The molecule has 1 amide bonds. The summed E-state index contributed by atoms with van der Waals surface area (Å²) in [5.41, 5.74) is -1.13. The molecule has 2 unspecified atom stereocenters. The molecule has 6 bridgehead atoms. The lowest BCUT2D eigenvalue weighted by molar-refractivity contribution is 0.105. The van der Waals surface area contributed by atoms with E-state index in [1.807, 2.05) is 0 Å². The molecule has 17 heteroatoms. The molecule has 282 valence electrons. The molecule has 0 radical (unpaired) electrons. The third-order valence-corrected chi connectivity index (χ3v) is 11.2. The Balaban J connectivity index is 1.32. The average molecular weight is 757 g/mol. The third-order valence-electron chi connectivity index (χ3n) is 10.9. The molecule has 0 aliphatic carbocycles. The van der Waals surface area contributed by atoms with Gasteiger partial charge in [-0.3, -0.25) is 14.4 Å². The number of anilines is 1. The highest BCUT2D eigenvalue weighted by Gasteiger charge is 2.45. The Hall–Kier alpha value is -4.08. The third kappa shape index (κ3) is 7.03. The Kier molecular flexibility index (Phi) is 9.69. The zero-order chi connectivity index (χ0) is 36.9. The molecule has 7 heterocycles. The molecule has 3 N–H and O–H groups in total. The van der Waals surface area contributed by atoms with Crippen LogP contribution in [0.3, 0.4) is 0 Å². The summed E-state index contributed by atoms with van der Waals surface area (Å²) in [6.07, 6.45) is 3.64. The van der Waals surface area contributed by atoms with E-state index in [0.29, 0.717) is 17.4 Å². The van der Waals surface area contributed by atoms with Crippen LogP contribution < -0.4 is 19.7 Å². The molecule has 2 atom stereocenters. The first-order valence-corrected chi connectivity index (χ1v) is 18.9. The number of ether oxygens (including phenoxy) is 3. The largest absolute Gasteiger partial charge is 0.467 e. The van der Waals surface area contributed by atoms with Gasteiger partial charge in [0.25, 0.3) is 0 Å². The molecule has 53 heavy (non-hydrogen) atoms. The summed E-state index contributed by atoms with van der Waals surface area (Å²) in [7, 11) is -2.70. The van der Waals surface area contributed by atoms with Crippen LogP contribution in [0.4, 0.5) is 23.8 Å². The van der Waals surface area contributed by atoms with E-state index < -0.39 is 44.8 Å². The van der Waals surface area contributed by atoms with Crippen molar-refractivity contribution in [3.63, 3.8) is 0 Å². The van der Waals surface area contributed by atoms with E-state index in [-0.39, 0.29) is 89.8 Å². The number of nitrogens with zero attached hydrogens (tertiary/aromatic N) is 5. The number of aryl methyl sites for hydroxylation is 1. The number of carbonyl (C=O) groups excluding carboxylic acids is 1. The minimum Gasteiger partial charge on any atom is -0.467 e. The lowest BCUT2D eigenvalue weighted by atomic mass is 9.90. The first-order valence-electron chi connectivity index (χ1n) is 17.8. The molecule has 3 fully saturated rings. The summed E-state index contributed by atoms with van der Waals surface area (Å²) >= 11 is 0. The van der Waals surface area contributed by atoms with E-state index in [0.717, 1.165) is 38.8 Å². The van der Waals surface area contributed by atoms with E-state index in [2.05, 4.69) is 20.2 Å². The first kappa shape index (κ1) is 35.9. The molecule has 3 saturated heterocycles. The van der Waals surface area contributed by atoms with E-state index >= 15 is 13.2 Å². The van der Waals surface area contributed by atoms with Crippen molar-refractivity contribution < 1.29 is 46.5 Å². The number of hydrogen-bond acceptors (Lipinski definition) is 12. The second-order valence-electron chi connectivity index (χ2n) is 14.6. The molecule has 9 rings (SSSR count). The molecular weight excluding hydrogens is 716 g/mol. The van der Waals surface area contributed by atoms with Crippen LogP contribution in [0.15, 0.2) is 30.5 Å². The van der Waals surface area contributed by atoms with Crippen molar-refractivity contribution in [2.75, 3.05) is 51.1 Å². The van der Waals surface area contributed by atoms with Crippen molar-refractivity contribution in [2.45, 2.75) is 69.1 Å². The maximum absolute atomic E-state index is 17.3. The highest BCUT2D eigenvalue weighted by Crippen LogP contribution is 2.42. The fourth-order valence-corrected chi connectivity index (χ4v) is 8.76. The van der Waals surface area contributed by atoms with Crippen LogP contribution in [-0.4, -0.2) is 99.2 Å². The van der Waals surface area contributed by atoms with Gasteiger partial charge in [-0.25, -0.2) is 18.0 Å². The van der Waals surface area contributed by atoms with Crippen molar-refractivity contribution in [3.05, 3.63) is 47.7 Å². The van der Waals surface area contributed by atoms with Crippen LogP contribution in [0.5, 0.6) is 11.8 Å². The quantitative estimate of drug-likeness (QED) is 0.157. The standard InChI is InChI=1S/C36H40F3N6O7P/c1-35-15-22(37)17-44(18-35)32-26-16-40-30(29(39)31(26)41-33(42-32)50-19-36-8-3-10-45(36)11-4-9-36)25-14-23(51-20-52-53(47)48)13-21-6-7-27(38)24(28(21)25)5-2-12-49-34(46)43-35/h6-7,13-14,16,22,47-48H,2-5,8-12,15,17-20H2,1H3,(H,43,46). The van der Waals surface area contributed by atoms with Gasteiger partial charge < -0.3 is 34.2 Å². The number of aromatic nitrogens is 3. The van der Waals surface area contributed by atoms with E-state index in [4.69, 9.17) is 23.7 Å². The summed E-state index contributed by atoms with van der Waals surface area (Å²) < 4.78 is 70.8. The number of alkyl carbamates (subject to hydrolysis) is 1. The summed E-state index contributed by atoms with van der Waals surface area (Å²) in [6, 6.07) is 5.78. The van der Waals surface area contributed by atoms with Crippen LogP contribution in [-0.2, 0) is 15.7 Å². The predicted molar refractivity (Wildman–Crippen MR) is 189 cm³/mol. The van der Waals surface area contributed by atoms with Gasteiger partial charge in [-0.05, 0) is 93.1 Å². The molecule has 0 saturated carbocycles. The van der Waals surface area contributed by atoms with Crippen LogP contribution in [0.1, 0.15) is 51.0 Å². The maximum atomic E-state index is 17.3. The smallest absolute Gasteiger partial charge is 0.407 e. The Morgan fingerprint density at radius 1 is 1.11 bits per heavy atom. The van der Waals surface area contributed by atoms with Crippen LogP contribution in [0, 0.1) is 11.6 Å². The maximum Gasteiger partial charge on any atom is 0.407 e. The molecule has 2 aromatic carbocycles. The van der Waals surface area contributed by atoms with Crippen molar-refractivity contribution in [3.8, 4) is 23.0 Å². The number of rotatable bonds is 7. The van der Waals surface area contributed by atoms with Gasteiger partial charge in [-0.2, -0.15) is 9.97 Å². The number of benzene rings is 2. The van der Waals surface area contributed by atoms with E-state index in [9.17, 15) is 14.6 Å². The number of pyridine rings is 1. The van der Waals surface area contributed by atoms with Crippen molar-refractivity contribution in [1.29, 1.82) is 0 Å². The molecule has 5 aliphatic heterocycles. The number of amides is 1. The number of piperidine rings is 1. The summed E-state index contributed by atoms with van der Waals surface area (Å²) in [5, 5.41) is 3.85. The summed E-state index contributed by atoms with van der Waals surface area (Å²) in [4.78, 5) is 49.4. The topological polar surface area (TPSA) is 152 Å². The van der Waals surface area contributed by atoms with Gasteiger partial charge in [-0.1, -0.05) is 6.07 Å². The number of hydrogen-bond donors (Lipinski definition) is 3. The number of carbonyl (C=O) groups is 1. The minimum absolute atomic E-state index is 0.0103. The van der Waals surface area contributed by atoms with Gasteiger partial charge >= 0.3 is 20.7 Å². The number of nitrogens with one attached hydrogen (secondary N) is 1. The highest BCUT2D eigenvalue weighted by molar-refractivity contribution is 7.39. The van der Waals surface area contributed by atoms with Crippen molar-refractivity contribution in [1.82, 2.24) is 25.2 Å². The lowest BCUT2D eigenvalue weighted by Gasteiger charge is -2.42. The van der Waals surface area contributed by atoms with Crippen LogP contribution in [0.25, 0.3) is 32.9 Å². The predicted octanol–water partition coefficient (Wildman–Crippen LogP) is 5.67. The van der Waals surface area contributed by atoms with Gasteiger partial charge in [0.15, 0.2) is 12.6 Å². The molecular formula is C36H40F3N6O7P. The lowest BCUT2D eigenvalue weighted by Crippen LogP contribution is -2.60. The SMILES string of the molecule is CC12CC(F)CN(C1)c1nc(OCC34CCCN3CCC4)nc3c(F)c(ncc13)-c1cc(OCOP(O)O)cc3ccc(F)c(c13)CCCOC(=O)N2. The first-order chi connectivity index (χ1) is 25.5. The van der Waals surface area contributed by atoms with Gasteiger partial charge in [0, 0.05) is 24.7 Å². The highest BCUT2D eigenvalue weighted by atomic mass is 31.2. The van der Waals surface area contributed by atoms with Crippen LogP contribution in [0.2, 0.25) is 0 Å². The number of fused-ring (bicyclic) bond motifs is 7. The van der Waals surface area contributed by atoms with Crippen LogP contribution >= 0.6 is 8.60 Å². The Morgan fingerprint density at radius 3 is 2.72 bits per heavy atom. The Morgan fingerprint density at radius 2 is 1.92 bits per heavy atom. The minimum atomic E-state index is -2.70. The van der Waals surface area contributed by atoms with Crippen molar-refractivity contribution in [2.24, 2.45) is 0 Å². The number of halogens is 3. The zero-order valence-electron chi connectivity index (χ0n) is 29.1. The molecule has 13 nitrogen and oxygen atoms in total. The molecule has 2 aromatic heterocycles. The second-order valence-corrected chi connectivity index (χ2v) is 15.3. The van der Waals surface area contributed by atoms with Crippen molar-refractivity contribution >= 4 is 42.2 Å². The van der Waals surface area contributed by atoms with E-state index in [1.165, 1.54) is 24.4 Å². The number of alkyl halides is 1. The van der Waals surface area contributed by atoms with Gasteiger partial charge in [0.2, 0.25) is 0 Å².